The van der Waals surface area contributed by atoms with Gasteiger partial charge in [-0.2, -0.15) is 0 Å². The molecule has 112 valence electrons. The lowest BCUT2D eigenvalue weighted by atomic mass is 9.97. The van der Waals surface area contributed by atoms with E-state index in [-0.39, 0.29) is 6.04 Å². The molecule has 2 aromatic rings. The molecule has 0 heterocycles. The van der Waals surface area contributed by atoms with Gasteiger partial charge in [-0.05, 0) is 49.7 Å². The number of ether oxygens (including phenoxy) is 1. The van der Waals surface area contributed by atoms with Gasteiger partial charge in [0, 0.05) is 16.1 Å². The summed E-state index contributed by atoms with van der Waals surface area (Å²) >= 11 is 12.3. The molecule has 0 aliphatic heterocycles. The summed E-state index contributed by atoms with van der Waals surface area (Å²) in [5.41, 5.74) is 3.40. The maximum absolute atomic E-state index is 6.32. The quantitative estimate of drug-likeness (QED) is 0.852. The molecule has 2 nitrogen and oxygen atoms in total. The van der Waals surface area contributed by atoms with Crippen LogP contribution in [0.4, 0.5) is 0 Å². The third-order valence-electron chi connectivity index (χ3n) is 3.55. The molecular weight excluding hydrogens is 305 g/mol. The third kappa shape index (κ3) is 3.91. The first kappa shape index (κ1) is 16.2. The predicted molar refractivity (Wildman–Crippen MR) is 89.7 cm³/mol. The highest BCUT2D eigenvalue weighted by Gasteiger charge is 2.16. The summed E-state index contributed by atoms with van der Waals surface area (Å²) in [6.07, 6.45) is 0.794. The van der Waals surface area contributed by atoms with Gasteiger partial charge in [0.05, 0.1) is 7.11 Å². The minimum absolute atomic E-state index is 0.102. The Kier molecular flexibility index (Phi) is 5.51. The lowest BCUT2D eigenvalue weighted by Gasteiger charge is -2.20. The van der Waals surface area contributed by atoms with E-state index >= 15 is 0 Å². The van der Waals surface area contributed by atoms with Gasteiger partial charge in [0.25, 0.3) is 0 Å². The molecule has 2 rings (SSSR count). The van der Waals surface area contributed by atoms with Crippen LogP contribution in [0.25, 0.3) is 0 Å². The highest BCUT2D eigenvalue weighted by molar-refractivity contribution is 6.35. The zero-order chi connectivity index (χ0) is 15.4. The van der Waals surface area contributed by atoms with Crippen LogP contribution in [0.3, 0.4) is 0 Å². The van der Waals surface area contributed by atoms with Gasteiger partial charge in [-0.3, -0.25) is 0 Å². The number of methoxy groups -OCH3 is 1. The van der Waals surface area contributed by atoms with E-state index in [0.717, 1.165) is 23.3 Å². The van der Waals surface area contributed by atoms with Crippen molar-refractivity contribution in [1.82, 2.24) is 5.32 Å². The van der Waals surface area contributed by atoms with Gasteiger partial charge in [0.2, 0.25) is 0 Å². The van der Waals surface area contributed by atoms with Crippen LogP contribution in [0.2, 0.25) is 10.0 Å². The summed E-state index contributed by atoms with van der Waals surface area (Å²) in [4.78, 5) is 0. The van der Waals surface area contributed by atoms with Gasteiger partial charge in [0.1, 0.15) is 5.75 Å². The molecule has 0 bridgehead atoms. The van der Waals surface area contributed by atoms with E-state index in [4.69, 9.17) is 27.9 Å². The molecular formula is C17H19Cl2NO. The first-order chi connectivity index (χ1) is 10.0. The van der Waals surface area contributed by atoms with Crippen LogP contribution in [0.5, 0.6) is 5.75 Å². The van der Waals surface area contributed by atoms with Gasteiger partial charge in [0.15, 0.2) is 0 Å². The van der Waals surface area contributed by atoms with Gasteiger partial charge >= 0.3 is 0 Å². The summed E-state index contributed by atoms with van der Waals surface area (Å²) in [5.74, 6) is 0.894. The lowest BCUT2D eigenvalue weighted by Crippen LogP contribution is -2.19. The normalized spacial score (nSPS) is 12.2. The van der Waals surface area contributed by atoms with Crippen molar-refractivity contribution < 1.29 is 4.74 Å². The second kappa shape index (κ2) is 7.17. The molecule has 0 radical (unpaired) electrons. The van der Waals surface area contributed by atoms with Crippen LogP contribution in [0, 0.1) is 6.92 Å². The molecule has 1 atom stereocenters. The fourth-order valence-electron chi connectivity index (χ4n) is 2.44. The smallest absolute Gasteiger partial charge is 0.122 e. The first-order valence-electron chi connectivity index (χ1n) is 6.81. The van der Waals surface area contributed by atoms with Crippen molar-refractivity contribution >= 4 is 23.2 Å². The number of halogens is 2. The van der Waals surface area contributed by atoms with E-state index < -0.39 is 0 Å². The molecule has 0 aliphatic rings. The highest BCUT2D eigenvalue weighted by Crippen LogP contribution is 2.31. The Morgan fingerprint density at radius 1 is 1.14 bits per heavy atom. The fraction of sp³-hybridized carbons (Fsp3) is 0.294. The second-order valence-electron chi connectivity index (χ2n) is 5.03. The highest BCUT2D eigenvalue weighted by atomic mass is 35.5. The second-order valence-corrected chi connectivity index (χ2v) is 5.87. The van der Waals surface area contributed by atoms with Crippen LogP contribution >= 0.6 is 23.2 Å². The van der Waals surface area contributed by atoms with Gasteiger partial charge < -0.3 is 10.1 Å². The molecule has 0 aromatic heterocycles. The number of hydrogen-bond donors (Lipinski definition) is 1. The minimum atomic E-state index is 0.102. The molecule has 1 N–H and O–H groups in total. The van der Waals surface area contributed by atoms with Crippen molar-refractivity contribution in [2.24, 2.45) is 0 Å². The maximum atomic E-state index is 6.32. The summed E-state index contributed by atoms with van der Waals surface area (Å²) in [6, 6.07) is 11.9. The largest absolute Gasteiger partial charge is 0.496 e. The average Bonchev–Trinajstić information content (AvgIpc) is 2.45. The van der Waals surface area contributed by atoms with Crippen LogP contribution in [0.1, 0.15) is 22.7 Å². The zero-order valence-corrected chi connectivity index (χ0v) is 13.9. The van der Waals surface area contributed by atoms with Crippen molar-refractivity contribution in [2.75, 3.05) is 14.2 Å². The first-order valence-corrected chi connectivity index (χ1v) is 7.56. The Bertz CT molecular complexity index is 628. The summed E-state index contributed by atoms with van der Waals surface area (Å²) < 4.78 is 5.45. The number of nitrogens with one attached hydrogen (secondary N) is 1. The Morgan fingerprint density at radius 3 is 2.52 bits per heavy atom. The SMILES string of the molecule is CNC(Cc1cc(C)ccc1OC)c1ccc(Cl)cc1Cl. The van der Waals surface area contributed by atoms with Crippen LogP contribution in [-0.2, 0) is 6.42 Å². The van der Waals surface area contributed by atoms with Gasteiger partial charge in [-0.15, -0.1) is 0 Å². The fourth-order valence-corrected chi connectivity index (χ4v) is 2.98. The molecule has 21 heavy (non-hydrogen) atoms. The molecule has 0 saturated carbocycles. The molecule has 0 saturated heterocycles. The number of hydrogen-bond acceptors (Lipinski definition) is 2. The third-order valence-corrected chi connectivity index (χ3v) is 4.11. The lowest BCUT2D eigenvalue weighted by molar-refractivity contribution is 0.406. The van der Waals surface area contributed by atoms with Gasteiger partial charge in [-0.25, -0.2) is 0 Å². The van der Waals surface area contributed by atoms with E-state index in [0.29, 0.717) is 10.0 Å². The standard InChI is InChI=1S/C17H19Cl2NO/c1-11-4-7-17(21-3)12(8-11)9-16(20-2)14-6-5-13(18)10-15(14)19/h4-8,10,16,20H,9H2,1-3H3. The van der Waals surface area contributed by atoms with E-state index in [1.54, 1.807) is 13.2 Å². The monoisotopic (exact) mass is 323 g/mol. The predicted octanol–water partition coefficient (Wildman–Crippen LogP) is 4.81. The maximum Gasteiger partial charge on any atom is 0.122 e. The van der Waals surface area contributed by atoms with Crippen molar-refractivity contribution in [1.29, 1.82) is 0 Å². The van der Waals surface area contributed by atoms with Crippen molar-refractivity contribution in [3.05, 3.63) is 63.1 Å². The van der Waals surface area contributed by atoms with Crippen LogP contribution < -0.4 is 10.1 Å². The molecule has 1 unspecified atom stereocenters. The summed E-state index contributed by atoms with van der Waals surface area (Å²) in [7, 11) is 3.62. The Hall–Kier alpha value is -1.22. The van der Waals surface area contributed by atoms with Crippen molar-refractivity contribution in [3.8, 4) is 5.75 Å². The zero-order valence-electron chi connectivity index (χ0n) is 12.4. The van der Waals surface area contributed by atoms with Crippen LogP contribution in [-0.4, -0.2) is 14.2 Å². The number of likely N-dealkylation sites (N-methyl/N-ethyl adjacent to an activating group) is 1. The van der Waals surface area contributed by atoms with E-state index in [1.165, 1.54) is 5.56 Å². The molecule has 4 heteroatoms. The summed E-state index contributed by atoms with van der Waals surface area (Å²) in [6.45, 7) is 2.08. The molecule has 0 fully saturated rings. The topological polar surface area (TPSA) is 21.3 Å². The molecule has 2 aromatic carbocycles. The Morgan fingerprint density at radius 2 is 1.90 bits per heavy atom. The Labute approximate surface area is 136 Å². The van der Waals surface area contributed by atoms with E-state index in [1.807, 2.05) is 31.3 Å². The summed E-state index contributed by atoms with van der Waals surface area (Å²) in [5, 5.41) is 4.63. The molecule has 0 aliphatic carbocycles. The number of benzene rings is 2. The minimum Gasteiger partial charge on any atom is -0.496 e. The van der Waals surface area contributed by atoms with Crippen LogP contribution in [0.15, 0.2) is 36.4 Å². The number of aryl methyl sites for hydroxylation is 1. The number of rotatable bonds is 5. The van der Waals surface area contributed by atoms with Crippen molar-refractivity contribution in [2.45, 2.75) is 19.4 Å². The molecule has 0 spiro atoms. The average molecular weight is 324 g/mol. The Balaban J connectivity index is 2.33. The van der Waals surface area contributed by atoms with Gasteiger partial charge in [-0.1, -0.05) is 47.0 Å². The van der Waals surface area contributed by atoms with E-state index in [9.17, 15) is 0 Å². The van der Waals surface area contributed by atoms with Crippen molar-refractivity contribution in [3.63, 3.8) is 0 Å². The van der Waals surface area contributed by atoms with E-state index in [2.05, 4.69) is 18.3 Å². The molecule has 0 amide bonds.